The first-order chi connectivity index (χ1) is 8.22. The number of halogens is 1. The highest BCUT2D eigenvalue weighted by molar-refractivity contribution is 7.99. The molecule has 1 heterocycles. The average molecular weight is 273 g/mol. The number of rotatable bonds is 5. The molecule has 0 N–H and O–H groups in total. The van der Waals surface area contributed by atoms with Crippen LogP contribution in [0.25, 0.3) is 0 Å². The van der Waals surface area contributed by atoms with Crippen molar-refractivity contribution in [3.63, 3.8) is 0 Å². The standard InChI is InChI=1S/C12H13ClO3S/c1-2-3-17-6-10(14)8-4-11-12(5-9(8)13)16-7-15-11/h4-5H,2-3,6-7H2,1H3. The van der Waals surface area contributed by atoms with Crippen LogP contribution in [0, 0.1) is 0 Å². The van der Waals surface area contributed by atoms with Crippen LogP contribution in [0.1, 0.15) is 23.7 Å². The molecule has 1 aromatic carbocycles. The van der Waals surface area contributed by atoms with Crippen molar-refractivity contribution >= 4 is 29.1 Å². The number of ether oxygens (including phenoxy) is 2. The lowest BCUT2D eigenvalue weighted by Crippen LogP contribution is -2.04. The van der Waals surface area contributed by atoms with Crippen molar-refractivity contribution in [1.29, 1.82) is 0 Å². The highest BCUT2D eigenvalue weighted by Crippen LogP contribution is 2.37. The van der Waals surface area contributed by atoms with E-state index in [0.717, 1.165) is 12.2 Å². The van der Waals surface area contributed by atoms with E-state index < -0.39 is 0 Å². The van der Waals surface area contributed by atoms with E-state index in [1.165, 1.54) is 0 Å². The first-order valence-corrected chi connectivity index (χ1v) is 6.95. The zero-order chi connectivity index (χ0) is 12.3. The summed E-state index contributed by atoms with van der Waals surface area (Å²) in [5, 5.41) is 0.427. The zero-order valence-electron chi connectivity index (χ0n) is 9.49. The maximum atomic E-state index is 11.9. The average Bonchev–Trinajstić information content (AvgIpc) is 2.75. The van der Waals surface area contributed by atoms with Crippen LogP contribution in [-0.4, -0.2) is 24.1 Å². The lowest BCUT2D eigenvalue weighted by Gasteiger charge is -2.05. The van der Waals surface area contributed by atoms with Crippen LogP contribution in [0.15, 0.2) is 12.1 Å². The number of carbonyl (C=O) groups is 1. The molecule has 2 rings (SSSR count). The van der Waals surface area contributed by atoms with Crippen molar-refractivity contribution in [2.45, 2.75) is 13.3 Å². The van der Waals surface area contributed by atoms with Gasteiger partial charge in [0.2, 0.25) is 6.79 Å². The molecule has 0 amide bonds. The van der Waals surface area contributed by atoms with Gasteiger partial charge in [-0.2, -0.15) is 11.8 Å². The predicted molar refractivity (Wildman–Crippen MR) is 69.5 cm³/mol. The molecule has 1 aliphatic rings. The van der Waals surface area contributed by atoms with E-state index in [1.807, 2.05) is 0 Å². The van der Waals surface area contributed by atoms with Crippen molar-refractivity contribution in [3.8, 4) is 11.5 Å². The van der Waals surface area contributed by atoms with Crippen LogP contribution < -0.4 is 9.47 Å². The number of thioether (sulfide) groups is 1. The monoisotopic (exact) mass is 272 g/mol. The van der Waals surface area contributed by atoms with E-state index in [0.29, 0.717) is 27.8 Å². The molecule has 0 fully saturated rings. The lowest BCUT2D eigenvalue weighted by atomic mass is 10.1. The maximum Gasteiger partial charge on any atom is 0.231 e. The Morgan fingerprint density at radius 3 is 2.82 bits per heavy atom. The fourth-order valence-corrected chi connectivity index (χ4v) is 2.55. The normalized spacial score (nSPS) is 12.8. The molecule has 0 bridgehead atoms. The molecular formula is C12H13ClO3S. The molecule has 0 saturated carbocycles. The Kier molecular flexibility index (Phi) is 4.18. The highest BCUT2D eigenvalue weighted by atomic mass is 35.5. The third-order valence-corrected chi connectivity index (χ3v) is 3.82. The molecule has 0 saturated heterocycles. The third kappa shape index (κ3) is 2.87. The summed E-state index contributed by atoms with van der Waals surface area (Å²) in [5.74, 6) is 2.67. The Hall–Kier alpha value is -0.870. The third-order valence-electron chi connectivity index (χ3n) is 2.34. The summed E-state index contributed by atoms with van der Waals surface area (Å²) in [7, 11) is 0. The number of fused-ring (bicyclic) bond motifs is 1. The maximum absolute atomic E-state index is 11.9. The van der Waals surface area contributed by atoms with Gasteiger partial charge in [-0.3, -0.25) is 4.79 Å². The van der Waals surface area contributed by atoms with E-state index in [1.54, 1.807) is 23.9 Å². The molecule has 0 aromatic heterocycles. The second kappa shape index (κ2) is 5.65. The Morgan fingerprint density at radius 2 is 2.12 bits per heavy atom. The van der Waals surface area contributed by atoms with Gasteiger partial charge >= 0.3 is 0 Å². The summed E-state index contributed by atoms with van der Waals surface area (Å²) >= 11 is 7.67. The molecule has 0 spiro atoms. The van der Waals surface area contributed by atoms with Crippen LogP contribution >= 0.6 is 23.4 Å². The predicted octanol–water partition coefficient (Wildman–Crippen LogP) is 3.39. The van der Waals surface area contributed by atoms with Gasteiger partial charge in [-0.1, -0.05) is 18.5 Å². The van der Waals surface area contributed by atoms with E-state index in [-0.39, 0.29) is 12.6 Å². The molecule has 0 atom stereocenters. The summed E-state index contributed by atoms with van der Waals surface area (Å²) in [6.45, 7) is 2.28. The molecule has 0 radical (unpaired) electrons. The van der Waals surface area contributed by atoms with Gasteiger partial charge in [-0.15, -0.1) is 0 Å². The summed E-state index contributed by atoms with van der Waals surface area (Å²) in [6, 6.07) is 3.31. The number of benzene rings is 1. The molecule has 1 aromatic rings. The fraction of sp³-hybridized carbons (Fsp3) is 0.417. The molecule has 1 aliphatic heterocycles. The zero-order valence-corrected chi connectivity index (χ0v) is 11.1. The van der Waals surface area contributed by atoms with Crippen LogP contribution in [0.4, 0.5) is 0 Å². The van der Waals surface area contributed by atoms with Crippen LogP contribution in [0.2, 0.25) is 5.02 Å². The van der Waals surface area contributed by atoms with Gasteiger partial charge in [0.1, 0.15) is 0 Å². The van der Waals surface area contributed by atoms with E-state index >= 15 is 0 Å². The smallest absolute Gasteiger partial charge is 0.231 e. The number of ketones is 1. The van der Waals surface area contributed by atoms with Gasteiger partial charge in [0.05, 0.1) is 10.8 Å². The van der Waals surface area contributed by atoms with Gasteiger partial charge in [0.25, 0.3) is 0 Å². The molecule has 0 aliphatic carbocycles. The van der Waals surface area contributed by atoms with E-state index in [4.69, 9.17) is 21.1 Å². The van der Waals surface area contributed by atoms with Crippen LogP contribution in [0.5, 0.6) is 11.5 Å². The largest absolute Gasteiger partial charge is 0.454 e. The summed E-state index contributed by atoms with van der Waals surface area (Å²) in [6.07, 6.45) is 1.06. The van der Waals surface area contributed by atoms with Crippen LogP contribution in [0.3, 0.4) is 0 Å². The van der Waals surface area contributed by atoms with Gasteiger partial charge in [0.15, 0.2) is 17.3 Å². The van der Waals surface area contributed by atoms with Crippen molar-refractivity contribution in [2.75, 3.05) is 18.3 Å². The van der Waals surface area contributed by atoms with Gasteiger partial charge < -0.3 is 9.47 Å². The number of Topliss-reactive ketones (excluding diaryl/α,β-unsaturated/α-hetero) is 1. The SMILES string of the molecule is CCCSCC(=O)c1cc2c(cc1Cl)OCO2. The van der Waals surface area contributed by atoms with Crippen molar-refractivity contribution < 1.29 is 14.3 Å². The topological polar surface area (TPSA) is 35.5 Å². The van der Waals surface area contributed by atoms with Crippen molar-refractivity contribution in [3.05, 3.63) is 22.7 Å². The lowest BCUT2D eigenvalue weighted by molar-refractivity contribution is 0.102. The van der Waals surface area contributed by atoms with Gasteiger partial charge in [-0.25, -0.2) is 0 Å². The van der Waals surface area contributed by atoms with Gasteiger partial charge in [0, 0.05) is 11.6 Å². The molecule has 5 heteroatoms. The molecule has 0 unspecified atom stereocenters. The summed E-state index contributed by atoms with van der Waals surface area (Å²) in [5.41, 5.74) is 0.513. The first kappa shape index (κ1) is 12.6. The Bertz CT molecular complexity index is 434. The Balaban J connectivity index is 2.12. The Labute approximate surface area is 109 Å². The molecular weight excluding hydrogens is 260 g/mol. The minimum absolute atomic E-state index is 0.0340. The van der Waals surface area contributed by atoms with E-state index in [2.05, 4.69) is 6.92 Å². The summed E-state index contributed by atoms with van der Waals surface area (Å²) in [4.78, 5) is 11.9. The quantitative estimate of drug-likeness (QED) is 0.608. The molecule has 17 heavy (non-hydrogen) atoms. The summed E-state index contributed by atoms with van der Waals surface area (Å²) < 4.78 is 10.4. The minimum Gasteiger partial charge on any atom is -0.454 e. The highest BCUT2D eigenvalue weighted by Gasteiger charge is 2.19. The number of hydrogen-bond acceptors (Lipinski definition) is 4. The minimum atomic E-state index is 0.0340. The number of carbonyl (C=O) groups excluding carboxylic acids is 1. The molecule has 92 valence electrons. The fourth-order valence-electron chi connectivity index (χ4n) is 1.52. The molecule has 3 nitrogen and oxygen atoms in total. The first-order valence-electron chi connectivity index (χ1n) is 5.42. The van der Waals surface area contributed by atoms with Crippen LogP contribution in [-0.2, 0) is 0 Å². The Morgan fingerprint density at radius 1 is 1.41 bits per heavy atom. The number of hydrogen-bond donors (Lipinski definition) is 0. The van der Waals surface area contributed by atoms with Gasteiger partial charge in [-0.05, 0) is 18.2 Å². The van der Waals surface area contributed by atoms with Crippen molar-refractivity contribution in [1.82, 2.24) is 0 Å². The van der Waals surface area contributed by atoms with Crippen molar-refractivity contribution in [2.24, 2.45) is 0 Å². The second-order valence-electron chi connectivity index (χ2n) is 3.66. The second-order valence-corrected chi connectivity index (χ2v) is 5.17. The van der Waals surface area contributed by atoms with E-state index in [9.17, 15) is 4.79 Å².